The lowest BCUT2D eigenvalue weighted by molar-refractivity contribution is 1.28. The molecule has 468 valence electrons. The summed E-state index contributed by atoms with van der Waals surface area (Å²) >= 11 is 0. The van der Waals surface area contributed by atoms with Crippen molar-refractivity contribution in [1.29, 1.82) is 0 Å². The first-order chi connectivity index (χ1) is 50.2. The van der Waals surface area contributed by atoms with E-state index in [-0.39, 0.29) is 0 Å². The second kappa shape index (κ2) is 26.0. The van der Waals surface area contributed by atoms with Crippen molar-refractivity contribution in [2.45, 2.75) is 34.1 Å². The van der Waals surface area contributed by atoms with E-state index in [0.29, 0.717) is 0 Å². The molecule has 0 saturated carbocycles. The second-order valence-corrected chi connectivity index (χ2v) is 25.1. The van der Waals surface area contributed by atoms with E-state index in [0.717, 1.165) is 204 Å². The predicted octanol–water partition coefficient (Wildman–Crippen LogP) is 20.1. The number of aromatic nitrogens is 5. The van der Waals surface area contributed by atoms with Crippen molar-refractivity contribution in [2.24, 2.45) is 0 Å². The van der Waals surface area contributed by atoms with Crippen molar-refractivity contribution in [3.05, 3.63) is 307 Å². The third kappa shape index (κ3) is 12.2. The molecule has 0 spiro atoms. The summed E-state index contributed by atoms with van der Waals surface area (Å²) in [5.74, 6) is 67.1. The van der Waals surface area contributed by atoms with E-state index >= 15 is 0 Å². The summed E-state index contributed by atoms with van der Waals surface area (Å²) in [5.41, 5.74) is 24.4. The number of hydrogen-bond donors (Lipinski definition) is 5. The Kier molecular flexibility index (Phi) is 15.5. The van der Waals surface area contributed by atoms with E-state index in [1.807, 2.05) is 75.4 Å². The van der Waals surface area contributed by atoms with Gasteiger partial charge in [0.05, 0.1) is 0 Å². The number of aromatic amines is 5. The van der Waals surface area contributed by atoms with Gasteiger partial charge in [-0.3, -0.25) is 0 Å². The van der Waals surface area contributed by atoms with Crippen LogP contribution < -0.4 is 0 Å². The van der Waals surface area contributed by atoms with Gasteiger partial charge in [0.2, 0.25) is 0 Å². The molecule has 0 amide bonds. The summed E-state index contributed by atoms with van der Waals surface area (Å²) in [6.07, 6.45) is 0.799. The Morgan fingerprint density at radius 3 is 0.480 bits per heavy atom. The maximum Gasteiger partial charge on any atom is 0.0465 e. The fourth-order valence-corrected chi connectivity index (χ4v) is 13.4. The van der Waals surface area contributed by atoms with E-state index < -0.39 is 0 Å². The van der Waals surface area contributed by atoms with Crippen molar-refractivity contribution in [3.8, 4) is 118 Å². The Morgan fingerprint density at radius 2 is 0.324 bits per heavy atom. The fraction of sp³-hybridized carbons (Fsp3) is 0.0515. The first-order valence-electron chi connectivity index (χ1n) is 33.7. The summed E-state index contributed by atoms with van der Waals surface area (Å²) in [4.78, 5) is 17.9. The smallest absolute Gasteiger partial charge is 0.0465 e. The molecule has 0 fully saturated rings. The maximum atomic E-state index is 3.63. The van der Waals surface area contributed by atoms with Gasteiger partial charge >= 0.3 is 0 Å². The van der Waals surface area contributed by atoms with Gasteiger partial charge in [0.1, 0.15) is 0 Å². The Labute approximate surface area is 590 Å². The average Bonchev–Trinajstić information content (AvgIpc) is 1.66. The molecular formula is C97H55N5. The lowest BCUT2D eigenvalue weighted by Crippen LogP contribution is -1.86. The van der Waals surface area contributed by atoms with Gasteiger partial charge in [-0.2, -0.15) is 0 Å². The van der Waals surface area contributed by atoms with E-state index in [4.69, 9.17) is 0 Å². The van der Waals surface area contributed by atoms with Crippen LogP contribution in [0.15, 0.2) is 218 Å². The van der Waals surface area contributed by atoms with Crippen LogP contribution in [-0.4, -0.2) is 24.9 Å². The van der Waals surface area contributed by atoms with Crippen LogP contribution in [0.25, 0.3) is 109 Å². The summed E-state index contributed by atoms with van der Waals surface area (Å²) in [7, 11) is 0. The van der Waals surface area contributed by atoms with Gasteiger partial charge in [0.25, 0.3) is 0 Å². The molecule has 5 heteroatoms. The Balaban J connectivity index is 0.709. The molecule has 0 radical (unpaired) electrons. The van der Waals surface area contributed by atoms with E-state index in [1.54, 1.807) is 0 Å². The molecule has 17 aromatic rings. The van der Waals surface area contributed by atoms with E-state index in [1.165, 1.54) is 0 Å². The van der Waals surface area contributed by atoms with Crippen molar-refractivity contribution < 1.29 is 0 Å². The Hall–Kier alpha value is -14.8. The quantitative estimate of drug-likeness (QED) is 0.0939. The van der Waals surface area contributed by atoms with Crippen molar-refractivity contribution in [3.63, 3.8) is 0 Å². The van der Waals surface area contributed by atoms with Gasteiger partial charge in [0.15, 0.2) is 0 Å². The molecule has 102 heavy (non-hydrogen) atoms. The van der Waals surface area contributed by atoms with Crippen LogP contribution in [0.3, 0.4) is 0 Å². The van der Waals surface area contributed by atoms with Crippen LogP contribution in [0.1, 0.15) is 123 Å². The van der Waals surface area contributed by atoms with Crippen molar-refractivity contribution in [2.75, 3.05) is 0 Å². The highest BCUT2D eigenvalue weighted by Gasteiger charge is 2.12. The molecule has 0 aliphatic rings. The monoisotopic (exact) mass is 1290 g/mol. The lowest BCUT2D eigenvalue weighted by Gasteiger charge is -1.99. The minimum absolute atomic E-state index is 0.795. The summed E-state index contributed by atoms with van der Waals surface area (Å²) in [5, 5.41) is 10.9. The van der Waals surface area contributed by atoms with E-state index in [2.05, 4.69) is 314 Å². The number of rotatable bonds is 0. The molecule has 12 aromatic carbocycles. The second-order valence-electron chi connectivity index (χ2n) is 25.1. The Morgan fingerprint density at radius 1 is 0.176 bits per heavy atom. The molecule has 5 N–H and O–H groups in total. The molecule has 5 aromatic heterocycles. The van der Waals surface area contributed by atoms with Gasteiger partial charge < -0.3 is 24.9 Å². The largest absolute Gasteiger partial charge is 0.355 e. The van der Waals surface area contributed by atoms with Gasteiger partial charge in [-0.25, -0.2) is 0 Å². The van der Waals surface area contributed by atoms with Crippen LogP contribution >= 0.6 is 0 Å². The zero-order valence-corrected chi connectivity index (χ0v) is 56.0. The summed E-state index contributed by atoms with van der Waals surface area (Å²) in [6, 6.07) is 75.2. The number of benzene rings is 12. The van der Waals surface area contributed by atoms with Gasteiger partial charge in [-0.05, 0) is 239 Å². The predicted molar refractivity (Wildman–Crippen MR) is 423 cm³/mol. The van der Waals surface area contributed by atoms with Crippen LogP contribution in [0.5, 0.6) is 0 Å². The van der Waals surface area contributed by atoms with Gasteiger partial charge in [-0.1, -0.05) is 108 Å². The zero-order valence-electron chi connectivity index (χ0n) is 56.0. The highest BCUT2D eigenvalue weighted by atomic mass is 14.7. The first-order valence-corrected chi connectivity index (χ1v) is 33.7. The average molecular weight is 1290 g/mol. The fourth-order valence-electron chi connectivity index (χ4n) is 13.4. The third-order valence-electron chi connectivity index (χ3n) is 18.2. The molecule has 0 unspecified atom stereocenters. The molecule has 5 heterocycles. The van der Waals surface area contributed by atoms with Crippen LogP contribution in [0, 0.1) is 118 Å². The topological polar surface area (TPSA) is 78.9 Å². The highest BCUT2D eigenvalue weighted by molar-refractivity contribution is 6.12. The Bertz CT molecular complexity index is 7030. The first kappa shape index (κ1) is 60.9. The minimum atomic E-state index is 0.795. The summed E-state index contributed by atoms with van der Waals surface area (Å²) < 4.78 is 0. The minimum Gasteiger partial charge on any atom is -0.355 e. The van der Waals surface area contributed by atoms with E-state index in [9.17, 15) is 0 Å². The molecule has 0 aliphatic carbocycles. The number of hydrogen-bond acceptors (Lipinski definition) is 0. The van der Waals surface area contributed by atoms with Crippen molar-refractivity contribution >= 4 is 109 Å². The van der Waals surface area contributed by atoms with Crippen molar-refractivity contribution in [1.82, 2.24) is 24.9 Å². The SMILES string of the molecule is CC#Cc1ccc2[nH]c3ccc(C#Cc4cc(C#Cc5ccc6[nH]c7ccc(C#CC)cc7c6c5)cc(C#Cc5ccc6[nH]c7ccc(C#Cc8cc(C#Cc9ccc%10[nH]c%11ccc(C#CC)cc%11c%10c9)cc(C#Cc9ccc%10[nH]c%11ccc(C#CCC)cc%11c%10c9)c8)cc7c6c5)c4)cc3c2c1. The molecule has 0 aliphatic heterocycles. The zero-order chi connectivity index (χ0) is 68.6. The molecule has 17 rings (SSSR count). The third-order valence-corrected chi connectivity index (χ3v) is 18.2. The number of H-pyrrole nitrogens is 5. The maximum absolute atomic E-state index is 3.63. The molecular weight excluding hydrogens is 1240 g/mol. The number of fused-ring (bicyclic) bond motifs is 15. The van der Waals surface area contributed by atoms with Gasteiger partial charge in [-0.15, -0.1) is 17.8 Å². The summed E-state index contributed by atoms with van der Waals surface area (Å²) in [6.45, 7) is 7.64. The molecule has 0 saturated heterocycles. The normalized spacial score (nSPS) is 10.6. The molecule has 5 nitrogen and oxygen atoms in total. The molecule has 0 atom stereocenters. The van der Waals surface area contributed by atoms with Crippen LogP contribution in [0.4, 0.5) is 0 Å². The standard InChI is InChI=1S/C97H55N5/c1-5-9-13-65-29-39-91-81(55-65)85-59-69(33-43-95(85)101-91)17-23-75-47-74(22-16-68-32-42-94-84(58-68)80-54-64(12-8-4)28-38-90(80)100-94)50-77(51-75)25-19-71-35-45-97-87(61-71)86-60-70(34-44-96(86)102-97)18-24-76-48-72(20-14-66-30-40-92-82(56-66)78-52-62(10-6-2)26-36-88(78)98-92)46-73(49-76)21-15-67-31-41-93-83(57-67)79-53-63(11-7-3)27-37-89(79)99-93/h26-61,98-102H,5H2,1-4H3. The highest BCUT2D eigenvalue weighted by Crippen LogP contribution is 2.33. The van der Waals surface area contributed by atoms with Crippen LogP contribution in [0.2, 0.25) is 0 Å². The molecule has 0 bridgehead atoms. The lowest BCUT2D eigenvalue weighted by atomic mass is 10.0. The van der Waals surface area contributed by atoms with Gasteiger partial charge in [0, 0.05) is 204 Å². The number of nitrogens with one attached hydrogen (secondary N) is 5. The van der Waals surface area contributed by atoms with Crippen LogP contribution in [-0.2, 0) is 0 Å².